The lowest BCUT2D eigenvalue weighted by atomic mass is 9.96. The van der Waals surface area contributed by atoms with Gasteiger partial charge in [0.05, 0.1) is 23.3 Å². The zero-order valence-corrected chi connectivity index (χ0v) is 17.0. The van der Waals surface area contributed by atoms with Crippen molar-refractivity contribution in [1.82, 2.24) is 5.32 Å². The topological polar surface area (TPSA) is 64.9 Å². The highest BCUT2D eigenvalue weighted by molar-refractivity contribution is 5.95. The lowest BCUT2D eigenvalue weighted by molar-refractivity contribution is -0.117. The highest BCUT2D eigenvalue weighted by atomic mass is 19.1. The van der Waals surface area contributed by atoms with Crippen molar-refractivity contribution < 1.29 is 9.18 Å². The van der Waals surface area contributed by atoms with Gasteiger partial charge in [-0.25, -0.2) is 4.39 Å². The molecule has 0 aliphatic heterocycles. The number of nitriles is 1. The maximum Gasteiger partial charge on any atom is 0.241 e. The quantitative estimate of drug-likeness (QED) is 0.588. The molecule has 3 rings (SSSR count). The largest absolute Gasteiger partial charge is 0.324 e. The third kappa shape index (κ3) is 5.11. The van der Waals surface area contributed by atoms with Crippen LogP contribution in [0.5, 0.6) is 0 Å². The van der Waals surface area contributed by atoms with E-state index in [9.17, 15) is 14.4 Å². The first-order valence-corrected chi connectivity index (χ1v) is 9.92. The molecule has 0 saturated carbocycles. The highest BCUT2D eigenvalue weighted by Crippen LogP contribution is 2.24. The van der Waals surface area contributed by atoms with E-state index in [0.29, 0.717) is 11.3 Å². The van der Waals surface area contributed by atoms with Crippen molar-refractivity contribution in [3.05, 3.63) is 101 Å². The number of carbonyl (C=O) groups excluding carboxylic acids is 1. The standard InChI is InChI=1S/C25H24FN3O/c1-3-18-11-13-19(14-12-18)24(20-8-6-9-22(26)15-20)28-17(2)25(30)29-23-10-5-4-7-21(23)16-27/h4-15,17,24,28H,3H2,1-2H3,(H,29,30)/t17-,24+/m1/s1. The molecule has 0 saturated heterocycles. The maximum absolute atomic E-state index is 13.9. The predicted molar refractivity (Wildman–Crippen MR) is 116 cm³/mol. The van der Waals surface area contributed by atoms with Crippen LogP contribution in [0.3, 0.4) is 0 Å². The summed E-state index contributed by atoms with van der Waals surface area (Å²) in [5, 5.41) is 15.3. The van der Waals surface area contributed by atoms with Gasteiger partial charge in [0, 0.05) is 0 Å². The number of hydrogen-bond acceptors (Lipinski definition) is 3. The summed E-state index contributed by atoms with van der Waals surface area (Å²) in [6.07, 6.45) is 0.926. The highest BCUT2D eigenvalue weighted by Gasteiger charge is 2.22. The minimum atomic E-state index is -0.587. The Kier molecular flexibility index (Phi) is 6.95. The lowest BCUT2D eigenvalue weighted by Gasteiger charge is -2.24. The Morgan fingerprint density at radius 2 is 1.77 bits per heavy atom. The van der Waals surface area contributed by atoms with Gasteiger partial charge in [0.15, 0.2) is 0 Å². The summed E-state index contributed by atoms with van der Waals surface area (Å²) >= 11 is 0. The molecule has 0 bridgehead atoms. The van der Waals surface area contributed by atoms with E-state index in [-0.39, 0.29) is 17.8 Å². The predicted octanol–water partition coefficient (Wildman–Crippen LogP) is 4.97. The molecule has 1 amide bonds. The van der Waals surface area contributed by atoms with Crippen LogP contribution in [0.25, 0.3) is 0 Å². The van der Waals surface area contributed by atoms with Crippen LogP contribution in [0, 0.1) is 17.1 Å². The van der Waals surface area contributed by atoms with Crippen LogP contribution in [0.15, 0.2) is 72.8 Å². The van der Waals surface area contributed by atoms with Crippen LogP contribution in [0.2, 0.25) is 0 Å². The molecular formula is C25H24FN3O. The van der Waals surface area contributed by atoms with E-state index in [4.69, 9.17) is 0 Å². The zero-order chi connectivity index (χ0) is 21.5. The number of hydrogen-bond donors (Lipinski definition) is 2. The van der Waals surface area contributed by atoms with Crippen LogP contribution in [-0.2, 0) is 11.2 Å². The van der Waals surface area contributed by atoms with Crippen molar-refractivity contribution in [2.45, 2.75) is 32.4 Å². The van der Waals surface area contributed by atoms with Crippen molar-refractivity contribution in [3.63, 3.8) is 0 Å². The number of anilines is 1. The molecule has 30 heavy (non-hydrogen) atoms. The number of carbonyl (C=O) groups is 1. The van der Waals surface area contributed by atoms with Crippen LogP contribution < -0.4 is 10.6 Å². The summed E-state index contributed by atoms with van der Waals surface area (Å²) in [4.78, 5) is 12.8. The molecule has 5 heteroatoms. The first-order chi connectivity index (χ1) is 14.5. The molecule has 0 fully saturated rings. The average Bonchev–Trinajstić information content (AvgIpc) is 2.77. The van der Waals surface area contributed by atoms with Crippen molar-refractivity contribution in [2.24, 2.45) is 0 Å². The van der Waals surface area contributed by atoms with Gasteiger partial charge in [-0.1, -0.05) is 55.5 Å². The fourth-order valence-electron chi connectivity index (χ4n) is 3.27. The molecule has 3 aromatic rings. The van der Waals surface area contributed by atoms with Crippen LogP contribution in [0.1, 0.15) is 42.1 Å². The second kappa shape index (κ2) is 9.82. The molecule has 2 atom stereocenters. The van der Waals surface area contributed by atoms with Gasteiger partial charge >= 0.3 is 0 Å². The smallest absolute Gasteiger partial charge is 0.241 e. The minimum Gasteiger partial charge on any atom is -0.324 e. The second-order valence-electron chi connectivity index (χ2n) is 7.12. The summed E-state index contributed by atoms with van der Waals surface area (Å²) in [6, 6.07) is 22.4. The van der Waals surface area contributed by atoms with Gasteiger partial charge in [-0.2, -0.15) is 5.26 Å². The fraction of sp³-hybridized carbons (Fsp3) is 0.200. The van der Waals surface area contributed by atoms with Crippen LogP contribution in [-0.4, -0.2) is 11.9 Å². The van der Waals surface area contributed by atoms with Gasteiger partial charge in [-0.05, 0) is 54.3 Å². The Morgan fingerprint density at radius 3 is 2.43 bits per heavy atom. The maximum atomic E-state index is 13.9. The zero-order valence-electron chi connectivity index (χ0n) is 17.0. The summed E-state index contributed by atoms with van der Waals surface area (Å²) in [7, 11) is 0. The van der Waals surface area contributed by atoms with E-state index in [2.05, 4.69) is 23.6 Å². The molecule has 4 nitrogen and oxygen atoms in total. The Bertz CT molecular complexity index is 1060. The first kappa shape index (κ1) is 21.2. The number of halogens is 1. The third-order valence-electron chi connectivity index (χ3n) is 5.02. The molecule has 152 valence electrons. The van der Waals surface area contributed by atoms with Crippen molar-refractivity contribution >= 4 is 11.6 Å². The van der Waals surface area contributed by atoms with Gasteiger partial charge < -0.3 is 5.32 Å². The molecule has 0 heterocycles. The number of rotatable bonds is 7. The normalized spacial score (nSPS) is 12.6. The molecule has 0 radical (unpaired) electrons. The molecule has 0 aliphatic carbocycles. The first-order valence-electron chi connectivity index (χ1n) is 9.92. The third-order valence-corrected chi connectivity index (χ3v) is 5.02. The molecule has 0 aliphatic rings. The van der Waals surface area contributed by atoms with Gasteiger partial charge in [0.25, 0.3) is 0 Å². The fourth-order valence-corrected chi connectivity index (χ4v) is 3.27. The Hall–Kier alpha value is -3.49. The van der Waals surface area contributed by atoms with E-state index in [1.54, 1.807) is 37.3 Å². The molecule has 0 aromatic heterocycles. The summed E-state index contributed by atoms with van der Waals surface area (Å²) in [6.45, 7) is 3.83. The van der Waals surface area contributed by atoms with Gasteiger partial charge in [0.2, 0.25) is 5.91 Å². The number of aryl methyl sites for hydroxylation is 1. The summed E-state index contributed by atoms with van der Waals surface area (Å²) in [5.41, 5.74) is 3.74. The summed E-state index contributed by atoms with van der Waals surface area (Å²) in [5.74, 6) is -0.603. The van der Waals surface area contributed by atoms with E-state index in [1.165, 1.54) is 17.7 Å². The van der Waals surface area contributed by atoms with E-state index in [0.717, 1.165) is 17.5 Å². The molecule has 3 aromatic carbocycles. The average molecular weight is 401 g/mol. The lowest BCUT2D eigenvalue weighted by Crippen LogP contribution is -2.40. The van der Waals surface area contributed by atoms with Crippen molar-refractivity contribution in [3.8, 4) is 6.07 Å². The van der Waals surface area contributed by atoms with Gasteiger partial charge in [0.1, 0.15) is 11.9 Å². The molecule has 0 spiro atoms. The van der Waals surface area contributed by atoms with E-state index in [1.807, 2.05) is 30.3 Å². The number of nitrogens with one attached hydrogen (secondary N) is 2. The van der Waals surface area contributed by atoms with E-state index >= 15 is 0 Å². The Labute approximate surface area is 176 Å². The second-order valence-corrected chi connectivity index (χ2v) is 7.12. The number of nitrogens with zero attached hydrogens (tertiary/aromatic N) is 1. The SMILES string of the molecule is CCc1ccc([C@H](N[C@H](C)C(=O)Nc2ccccc2C#N)c2cccc(F)c2)cc1. The molecule has 2 N–H and O–H groups in total. The Balaban J connectivity index is 1.84. The van der Waals surface area contributed by atoms with Crippen LogP contribution >= 0.6 is 0 Å². The monoisotopic (exact) mass is 401 g/mol. The van der Waals surface area contributed by atoms with Gasteiger partial charge in [-0.3, -0.25) is 10.1 Å². The van der Waals surface area contributed by atoms with Crippen LogP contribution in [0.4, 0.5) is 10.1 Å². The van der Waals surface area contributed by atoms with E-state index < -0.39 is 6.04 Å². The number of benzene rings is 3. The minimum absolute atomic E-state index is 0.274. The Morgan fingerprint density at radius 1 is 1.03 bits per heavy atom. The number of para-hydroxylation sites is 1. The molecular weight excluding hydrogens is 377 g/mol. The number of amides is 1. The van der Waals surface area contributed by atoms with Gasteiger partial charge in [-0.15, -0.1) is 0 Å². The van der Waals surface area contributed by atoms with Crippen molar-refractivity contribution in [2.75, 3.05) is 5.32 Å². The van der Waals surface area contributed by atoms with Crippen molar-refractivity contribution in [1.29, 1.82) is 5.26 Å². The summed E-state index contributed by atoms with van der Waals surface area (Å²) < 4.78 is 13.9. The molecule has 0 unspecified atom stereocenters.